The van der Waals surface area contributed by atoms with Gasteiger partial charge in [0.05, 0.1) is 0 Å². The maximum absolute atomic E-state index is 12.5. The second-order valence-corrected chi connectivity index (χ2v) is 6.17. The Hall–Kier alpha value is -3.28. The van der Waals surface area contributed by atoms with E-state index in [0.717, 1.165) is 21.8 Å². The van der Waals surface area contributed by atoms with Gasteiger partial charge in [-0.1, -0.05) is 5.16 Å². The highest BCUT2D eigenvalue weighted by Gasteiger charge is 2.15. The van der Waals surface area contributed by atoms with E-state index in [4.69, 9.17) is 0 Å². The van der Waals surface area contributed by atoms with Crippen molar-refractivity contribution in [3.05, 3.63) is 47.5 Å². The highest BCUT2D eigenvalue weighted by molar-refractivity contribution is 6.45. The number of aryl methyl sites for hydroxylation is 1. The molecule has 0 fully saturated rings. The number of hydrogen-bond donors (Lipinski definition) is 0. The van der Waals surface area contributed by atoms with Crippen LogP contribution in [0.5, 0.6) is 0 Å². The van der Waals surface area contributed by atoms with Crippen LogP contribution in [0.1, 0.15) is 41.5 Å². The number of rotatable bonds is 4. The highest BCUT2D eigenvalue weighted by atomic mass is 16.7. The smallest absolute Gasteiger partial charge is 0.331 e. The van der Waals surface area contributed by atoms with E-state index in [0.29, 0.717) is 11.1 Å². The van der Waals surface area contributed by atoms with Gasteiger partial charge in [-0.2, -0.15) is 0 Å². The first kappa shape index (κ1) is 17.5. The van der Waals surface area contributed by atoms with Gasteiger partial charge in [0, 0.05) is 46.9 Å². The summed E-state index contributed by atoms with van der Waals surface area (Å²) < 4.78 is 2.02. The molecule has 0 bridgehead atoms. The minimum atomic E-state index is -0.585. The lowest BCUT2D eigenvalue weighted by Crippen LogP contribution is -2.11. The normalized spacial score (nSPS) is 11.8. The Kier molecular flexibility index (Phi) is 4.42. The van der Waals surface area contributed by atoms with Crippen LogP contribution < -0.4 is 0 Å². The van der Waals surface area contributed by atoms with Gasteiger partial charge in [-0.05, 0) is 50.2 Å². The number of fused-ring (bicyclic) bond motifs is 3. The van der Waals surface area contributed by atoms with Crippen LogP contribution in [0.4, 0.5) is 0 Å². The van der Waals surface area contributed by atoms with E-state index >= 15 is 0 Å². The number of Topliss-reactive ketones (excluding diaryl/α,β-unsaturated/α-hetero) is 2. The lowest BCUT2D eigenvalue weighted by Gasteiger charge is -2.02. The number of carbonyl (C=O) groups is 3. The van der Waals surface area contributed by atoms with Gasteiger partial charge in [-0.25, -0.2) is 4.79 Å². The third kappa shape index (κ3) is 3.01. The molecule has 0 aliphatic carbocycles. The third-order valence-electron chi connectivity index (χ3n) is 4.31. The fourth-order valence-electron chi connectivity index (χ4n) is 2.96. The summed E-state index contributed by atoms with van der Waals surface area (Å²) >= 11 is 0. The number of ketones is 2. The first-order chi connectivity index (χ1) is 12.3. The van der Waals surface area contributed by atoms with Gasteiger partial charge in [-0.15, -0.1) is 0 Å². The van der Waals surface area contributed by atoms with E-state index in [1.807, 2.05) is 29.8 Å². The fourth-order valence-corrected chi connectivity index (χ4v) is 2.96. The molecule has 0 amide bonds. The zero-order valence-corrected chi connectivity index (χ0v) is 15.0. The minimum Gasteiger partial charge on any atom is -0.344 e. The van der Waals surface area contributed by atoms with Crippen molar-refractivity contribution in [2.75, 3.05) is 0 Å². The molecule has 3 rings (SSSR count). The van der Waals surface area contributed by atoms with Crippen LogP contribution >= 0.6 is 0 Å². The van der Waals surface area contributed by atoms with Crippen LogP contribution in [0.25, 0.3) is 21.8 Å². The zero-order chi connectivity index (χ0) is 19.0. The number of benzene rings is 2. The summed E-state index contributed by atoms with van der Waals surface area (Å²) in [6, 6.07) is 10.9. The molecule has 1 heterocycles. The summed E-state index contributed by atoms with van der Waals surface area (Å²) in [6.07, 6.45) is 0. The topological polar surface area (TPSA) is 77.7 Å². The predicted octanol–water partition coefficient (Wildman–Crippen LogP) is 3.66. The molecule has 26 heavy (non-hydrogen) atoms. The van der Waals surface area contributed by atoms with Crippen molar-refractivity contribution in [1.82, 2.24) is 4.57 Å². The summed E-state index contributed by atoms with van der Waals surface area (Å²) in [7, 11) is 1.94. The molecular weight excluding hydrogens is 332 g/mol. The van der Waals surface area contributed by atoms with Crippen LogP contribution in [0.3, 0.4) is 0 Å². The Labute approximate surface area is 150 Å². The highest BCUT2D eigenvalue weighted by Crippen LogP contribution is 2.30. The molecule has 2 aromatic carbocycles. The van der Waals surface area contributed by atoms with Crippen molar-refractivity contribution in [3.8, 4) is 0 Å². The second-order valence-electron chi connectivity index (χ2n) is 6.17. The van der Waals surface area contributed by atoms with Crippen molar-refractivity contribution < 1.29 is 19.2 Å². The third-order valence-corrected chi connectivity index (χ3v) is 4.31. The van der Waals surface area contributed by atoms with E-state index in [1.54, 1.807) is 18.2 Å². The molecule has 0 aliphatic heterocycles. The van der Waals surface area contributed by atoms with Gasteiger partial charge >= 0.3 is 5.97 Å². The minimum absolute atomic E-state index is 0.0134. The average molecular weight is 350 g/mol. The van der Waals surface area contributed by atoms with Crippen molar-refractivity contribution in [1.29, 1.82) is 0 Å². The number of nitrogens with zero attached hydrogens (tertiary/aromatic N) is 2. The fraction of sp³-hybridized carbons (Fsp3) is 0.200. The van der Waals surface area contributed by atoms with Gasteiger partial charge in [0.15, 0.2) is 5.78 Å². The SMILES string of the molecule is CC(=O)O/N=C(/C)C(=O)c1ccc2c(c1)c1cc(C(C)=O)ccc1n2C. The van der Waals surface area contributed by atoms with E-state index in [2.05, 4.69) is 9.99 Å². The molecule has 0 radical (unpaired) electrons. The van der Waals surface area contributed by atoms with Gasteiger partial charge in [0.2, 0.25) is 5.78 Å². The Morgan fingerprint density at radius 3 is 1.96 bits per heavy atom. The lowest BCUT2D eigenvalue weighted by atomic mass is 10.0. The monoisotopic (exact) mass is 350 g/mol. The van der Waals surface area contributed by atoms with Crippen LogP contribution in [-0.4, -0.2) is 27.8 Å². The van der Waals surface area contributed by atoms with E-state index in [-0.39, 0.29) is 17.3 Å². The number of aromatic nitrogens is 1. The summed E-state index contributed by atoms with van der Waals surface area (Å²) in [6.45, 7) is 4.23. The zero-order valence-electron chi connectivity index (χ0n) is 15.0. The molecule has 0 saturated carbocycles. The number of carbonyl (C=O) groups excluding carboxylic acids is 3. The largest absolute Gasteiger partial charge is 0.344 e. The maximum atomic E-state index is 12.5. The summed E-state index contributed by atoms with van der Waals surface area (Å²) in [5, 5.41) is 5.33. The molecule has 0 unspecified atom stereocenters. The molecule has 3 aromatic rings. The molecule has 0 aliphatic rings. The molecule has 0 spiro atoms. The van der Waals surface area contributed by atoms with Crippen molar-refractivity contribution in [3.63, 3.8) is 0 Å². The van der Waals surface area contributed by atoms with Gasteiger partial charge < -0.3 is 9.40 Å². The second kappa shape index (κ2) is 6.55. The van der Waals surface area contributed by atoms with Crippen LogP contribution in [-0.2, 0) is 16.7 Å². The first-order valence-corrected chi connectivity index (χ1v) is 8.09. The van der Waals surface area contributed by atoms with Crippen LogP contribution in [0.2, 0.25) is 0 Å². The molecule has 132 valence electrons. The van der Waals surface area contributed by atoms with Crippen molar-refractivity contribution in [2.24, 2.45) is 12.2 Å². The molecule has 6 heteroatoms. The first-order valence-electron chi connectivity index (χ1n) is 8.09. The van der Waals surface area contributed by atoms with Crippen LogP contribution in [0, 0.1) is 0 Å². The quantitative estimate of drug-likeness (QED) is 0.311. The van der Waals surface area contributed by atoms with Crippen molar-refractivity contribution in [2.45, 2.75) is 20.8 Å². The summed E-state index contributed by atoms with van der Waals surface area (Å²) in [5.41, 5.74) is 3.07. The molecule has 0 saturated heterocycles. The van der Waals surface area contributed by atoms with Gasteiger partial charge in [0.1, 0.15) is 5.71 Å². The van der Waals surface area contributed by atoms with Crippen molar-refractivity contribution >= 4 is 45.1 Å². The summed E-state index contributed by atoms with van der Waals surface area (Å²) in [4.78, 5) is 39.6. The average Bonchev–Trinajstić information content (AvgIpc) is 2.90. The standard InChI is InChI=1S/C20H18N2O4/c1-11(21-26-13(3)24)20(25)15-6-8-19-17(10-15)16-9-14(12(2)23)5-7-18(16)22(19)4/h5-10H,1-4H3/b21-11-. The van der Waals surface area contributed by atoms with E-state index in [1.165, 1.54) is 20.8 Å². The van der Waals surface area contributed by atoms with Gasteiger partial charge in [-0.3, -0.25) is 9.59 Å². The molecule has 0 atom stereocenters. The lowest BCUT2D eigenvalue weighted by molar-refractivity contribution is -0.140. The van der Waals surface area contributed by atoms with Crippen LogP contribution in [0.15, 0.2) is 41.6 Å². The number of oxime groups is 1. The van der Waals surface area contributed by atoms with E-state index in [9.17, 15) is 14.4 Å². The number of hydrogen-bond acceptors (Lipinski definition) is 5. The Morgan fingerprint density at radius 1 is 0.885 bits per heavy atom. The maximum Gasteiger partial charge on any atom is 0.331 e. The summed E-state index contributed by atoms with van der Waals surface area (Å²) in [5.74, 6) is -0.924. The molecule has 0 N–H and O–H groups in total. The Bertz CT molecular complexity index is 1110. The predicted molar refractivity (Wildman–Crippen MR) is 99.6 cm³/mol. The molecular formula is C20H18N2O4. The van der Waals surface area contributed by atoms with E-state index < -0.39 is 5.97 Å². The Morgan fingerprint density at radius 2 is 1.42 bits per heavy atom. The van der Waals surface area contributed by atoms with Gasteiger partial charge in [0.25, 0.3) is 0 Å². The molecule has 1 aromatic heterocycles. The molecule has 6 nitrogen and oxygen atoms in total. The Balaban J connectivity index is 2.15.